The number of carbonyl (C=O) groups is 1. The van der Waals surface area contributed by atoms with Gasteiger partial charge >= 0.3 is 6.09 Å². The van der Waals surface area contributed by atoms with Crippen LogP contribution in [0.3, 0.4) is 0 Å². The largest absolute Gasteiger partial charge is 0.494 e. The van der Waals surface area contributed by atoms with Gasteiger partial charge in [-0.3, -0.25) is 4.90 Å². The van der Waals surface area contributed by atoms with E-state index in [-0.39, 0.29) is 0 Å². The summed E-state index contributed by atoms with van der Waals surface area (Å²) < 4.78 is 16.2. The second kappa shape index (κ2) is 10.1. The van der Waals surface area contributed by atoms with Crippen molar-refractivity contribution in [3.8, 4) is 11.5 Å². The molecule has 0 atom stereocenters. The van der Waals surface area contributed by atoms with Crippen molar-refractivity contribution in [1.82, 2.24) is 9.80 Å². The minimum Gasteiger partial charge on any atom is -0.494 e. The van der Waals surface area contributed by atoms with Crippen LogP contribution >= 0.6 is 0 Å². The molecule has 1 amide bonds. The summed E-state index contributed by atoms with van der Waals surface area (Å²) in [5.74, 6) is 1.55. The quantitative estimate of drug-likeness (QED) is 0.662. The van der Waals surface area contributed by atoms with Gasteiger partial charge in [0.05, 0.1) is 19.4 Å². The smallest absolute Gasteiger partial charge is 0.407 e. The van der Waals surface area contributed by atoms with Gasteiger partial charge in [0.1, 0.15) is 18.1 Å². The molecule has 1 aliphatic rings. The maximum absolute atomic E-state index is 10.9. The first-order chi connectivity index (χ1) is 12.5. The lowest BCUT2D eigenvalue weighted by molar-refractivity contribution is 0.146. The van der Waals surface area contributed by atoms with Gasteiger partial charge in [0.15, 0.2) is 0 Å². The van der Waals surface area contributed by atoms with Gasteiger partial charge < -0.3 is 29.1 Å². The number of methoxy groups -OCH3 is 2. The van der Waals surface area contributed by atoms with Crippen LogP contribution in [0.25, 0.3) is 0 Å². The number of piperazine rings is 1. The summed E-state index contributed by atoms with van der Waals surface area (Å²) >= 11 is 0. The van der Waals surface area contributed by atoms with Crippen LogP contribution in [0.1, 0.15) is 0 Å². The van der Waals surface area contributed by atoms with E-state index in [9.17, 15) is 4.79 Å². The minimum absolute atomic E-state index is 0.502. The van der Waals surface area contributed by atoms with Crippen molar-refractivity contribution < 1.29 is 24.1 Å². The third kappa shape index (κ3) is 5.67. The summed E-state index contributed by atoms with van der Waals surface area (Å²) in [6.07, 6.45) is -0.888. The molecule has 2 rings (SSSR count). The number of amides is 1. The molecular weight excluding hydrogens is 338 g/mol. The number of hydrogen-bond acceptors (Lipinski definition) is 6. The Balaban J connectivity index is 1.88. The monoisotopic (exact) mass is 367 g/mol. The lowest BCUT2D eigenvalue weighted by Crippen LogP contribution is -2.48. The van der Waals surface area contributed by atoms with Crippen LogP contribution in [-0.4, -0.2) is 94.7 Å². The van der Waals surface area contributed by atoms with Crippen molar-refractivity contribution in [3.63, 3.8) is 0 Å². The normalized spacial score (nSPS) is 15.0. The molecule has 8 nitrogen and oxygen atoms in total. The van der Waals surface area contributed by atoms with E-state index in [1.165, 1.54) is 4.90 Å². The summed E-state index contributed by atoms with van der Waals surface area (Å²) in [5.41, 5.74) is 1.05. The first kappa shape index (κ1) is 20.1. The van der Waals surface area contributed by atoms with Crippen LogP contribution < -0.4 is 14.4 Å². The van der Waals surface area contributed by atoms with Crippen LogP contribution in [0.4, 0.5) is 10.5 Å². The van der Waals surface area contributed by atoms with Gasteiger partial charge in [-0.2, -0.15) is 0 Å². The second-order valence-corrected chi connectivity index (χ2v) is 6.21. The Bertz CT molecular complexity index is 576. The Labute approximate surface area is 154 Å². The molecule has 26 heavy (non-hydrogen) atoms. The standard InChI is InChI=1S/C18H29N3O5/c1-19(18(22)23)6-7-20-8-10-21(11-9-20)16-5-4-15(14-17(16)25-3)26-13-12-24-2/h4-5,14H,6-13H2,1-3H3,(H,22,23). The highest BCUT2D eigenvalue weighted by Gasteiger charge is 2.20. The maximum Gasteiger partial charge on any atom is 0.407 e. The van der Waals surface area contributed by atoms with Crippen LogP contribution in [-0.2, 0) is 4.74 Å². The molecule has 0 spiro atoms. The summed E-state index contributed by atoms with van der Waals surface area (Å²) in [6, 6.07) is 5.87. The number of benzene rings is 1. The average Bonchev–Trinajstić information content (AvgIpc) is 2.66. The molecular formula is C18H29N3O5. The van der Waals surface area contributed by atoms with E-state index in [1.54, 1.807) is 21.3 Å². The van der Waals surface area contributed by atoms with E-state index in [2.05, 4.69) is 9.80 Å². The Morgan fingerprint density at radius 1 is 1.19 bits per heavy atom. The molecule has 0 aromatic heterocycles. The van der Waals surface area contributed by atoms with Crippen molar-refractivity contribution in [2.75, 3.05) is 78.6 Å². The molecule has 146 valence electrons. The van der Waals surface area contributed by atoms with Gasteiger partial charge in [-0.1, -0.05) is 0 Å². The molecule has 0 unspecified atom stereocenters. The molecule has 8 heteroatoms. The zero-order valence-electron chi connectivity index (χ0n) is 15.8. The Morgan fingerprint density at radius 3 is 2.54 bits per heavy atom. The molecule has 1 saturated heterocycles. The lowest BCUT2D eigenvalue weighted by Gasteiger charge is -2.37. The molecule has 1 fully saturated rings. The summed E-state index contributed by atoms with van der Waals surface area (Å²) in [5, 5.41) is 8.92. The second-order valence-electron chi connectivity index (χ2n) is 6.21. The average molecular weight is 367 g/mol. The van der Waals surface area contributed by atoms with E-state index in [0.717, 1.165) is 49.9 Å². The summed E-state index contributed by atoms with van der Waals surface area (Å²) in [6.45, 7) is 5.84. The molecule has 0 saturated carbocycles. The summed E-state index contributed by atoms with van der Waals surface area (Å²) in [7, 11) is 4.90. The van der Waals surface area contributed by atoms with E-state index >= 15 is 0 Å². The number of rotatable bonds is 9. The Hall–Kier alpha value is -2.19. The lowest BCUT2D eigenvalue weighted by atomic mass is 10.2. The number of carboxylic acid groups (broad SMARTS) is 1. The van der Waals surface area contributed by atoms with Crippen LogP contribution in [0.5, 0.6) is 11.5 Å². The number of ether oxygens (including phenoxy) is 3. The summed E-state index contributed by atoms with van der Waals surface area (Å²) in [4.78, 5) is 16.7. The van der Waals surface area contributed by atoms with Crippen molar-refractivity contribution in [3.05, 3.63) is 18.2 Å². The van der Waals surface area contributed by atoms with Gasteiger partial charge in [0.25, 0.3) is 0 Å². The molecule has 0 bridgehead atoms. The van der Waals surface area contributed by atoms with Crippen molar-refractivity contribution in [2.24, 2.45) is 0 Å². The predicted molar refractivity (Wildman–Crippen MR) is 99.7 cm³/mol. The van der Waals surface area contributed by atoms with E-state index in [4.69, 9.17) is 19.3 Å². The maximum atomic E-state index is 10.9. The van der Waals surface area contributed by atoms with Crippen molar-refractivity contribution in [2.45, 2.75) is 0 Å². The molecule has 0 radical (unpaired) electrons. The zero-order chi connectivity index (χ0) is 18.9. The third-order valence-corrected chi connectivity index (χ3v) is 4.50. The van der Waals surface area contributed by atoms with E-state index < -0.39 is 6.09 Å². The Kier molecular flexibility index (Phi) is 7.80. The Morgan fingerprint density at radius 2 is 1.92 bits per heavy atom. The number of nitrogens with zero attached hydrogens (tertiary/aromatic N) is 3. The van der Waals surface area contributed by atoms with Crippen LogP contribution in [0, 0.1) is 0 Å². The molecule has 0 aliphatic carbocycles. The van der Waals surface area contributed by atoms with Gasteiger partial charge in [0, 0.05) is 59.5 Å². The number of hydrogen-bond donors (Lipinski definition) is 1. The van der Waals surface area contributed by atoms with Crippen LogP contribution in [0.2, 0.25) is 0 Å². The van der Waals surface area contributed by atoms with Crippen molar-refractivity contribution in [1.29, 1.82) is 0 Å². The molecule has 1 aliphatic heterocycles. The molecule has 1 aromatic rings. The molecule has 1 aromatic carbocycles. The van der Waals surface area contributed by atoms with E-state index in [1.807, 2.05) is 18.2 Å². The van der Waals surface area contributed by atoms with Gasteiger partial charge in [-0.05, 0) is 12.1 Å². The van der Waals surface area contributed by atoms with Gasteiger partial charge in [-0.25, -0.2) is 4.79 Å². The SMILES string of the molecule is COCCOc1ccc(N2CCN(CCN(C)C(=O)O)CC2)c(OC)c1. The third-order valence-electron chi connectivity index (χ3n) is 4.50. The fraction of sp³-hybridized carbons (Fsp3) is 0.611. The number of likely N-dealkylation sites (N-methyl/N-ethyl adjacent to an activating group) is 1. The fourth-order valence-electron chi connectivity index (χ4n) is 2.85. The molecule has 1 heterocycles. The first-order valence-electron chi connectivity index (χ1n) is 8.76. The first-order valence-corrected chi connectivity index (χ1v) is 8.76. The fourth-order valence-corrected chi connectivity index (χ4v) is 2.85. The predicted octanol–water partition coefficient (Wildman–Crippen LogP) is 1.45. The van der Waals surface area contributed by atoms with Gasteiger partial charge in [0.2, 0.25) is 0 Å². The van der Waals surface area contributed by atoms with E-state index in [0.29, 0.717) is 19.8 Å². The topological polar surface area (TPSA) is 74.7 Å². The highest BCUT2D eigenvalue weighted by atomic mass is 16.5. The van der Waals surface area contributed by atoms with Crippen molar-refractivity contribution >= 4 is 11.8 Å². The highest BCUT2D eigenvalue weighted by molar-refractivity contribution is 5.64. The highest BCUT2D eigenvalue weighted by Crippen LogP contribution is 2.32. The molecule has 1 N–H and O–H groups in total. The van der Waals surface area contributed by atoms with Crippen LogP contribution in [0.15, 0.2) is 18.2 Å². The van der Waals surface area contributed by atoms with Gasteiger partial charge in [-0.15, -0.1) is 0 Å². The zero-order valence-corrected chi connectivity index (χ0v) is 15.8. The minimum atomic E-state index is -0.888. The number of anilines is 1.